The van der Waals surface area contributed by atoms with E-state index in [1.165, 1.54) is 11.8 Å². The molecule has 11 heteroatoms. The van der Waals surface area contributed by atoms with Crippen molar-refractivity contribution < 1.29 is 19.0 Å². The Morgan fingerprint density at radius 3 is 2.49 bits per heavy atom. The van der Waals surface area contributed by atoms with Gasteiger partial charge in [0.2, 0.25) is 0 Å². The van der Waals surface area contributed by atoms with Crippen LogP contribution < -0.4 is 10.2 Å². The average molecular weight is 548 g/mol. The molecule has 0 aliphatic carbocycles. The monoisotopic (exact) mass is 547 g/mol. The first-order chi connectivity index (χ1) is 18.1. The number of hydrogen-bond donors (Lipinski definition) is 1. The molecule has 200 valence electrons. The predicted molar refractivity (Wildman–Crippen MR) is 143 cm³/mol. The minimum Gasteiger partial charge on any atom is -0.379 e. The standard InChI is InChI=1S/C26H34ClN5O4S/c27-22-18-23(32-10-6-26(7-11-32)35-16-17-36-26)30-25(29-22)37-19-20-2-4-21(5-3-20)24(33)28-8-1-9-31-12-14-34-15-13-31/h2-5,18H,1,6-17,19H2,(H,28,33). The van der Waals surface area contributed by atoms with Gasteiger partial charge in [-0.2, -0.15) is 0 Å². The first kappa shape index (κ1) is 26.6. The van der Waals surface area contributed by atoms with E-state index in [4.69, 9.17) is 30.8 Å². The number of piperidine rings is 1. The van der Waals surface area contributed by atoms with Gasteiger partial charge in [-0.1, -0.05) is 35.5 Å². The van der Waals surface area contributed by atoms with Crippen molar-refractivity contribution in [3.8, 4) is 0 Å². The Balaban J connectivity index is 1.08. The normalized spacial score (nSPS) is 19.9. The highest BCUT2D eigenvalue weighted by Gasteiger charge is 2.40. The number of thioether (sulfide) groups is 1. The molecule has 2 aromatic rings. The zero-order chi connectivity index (χ0) is 25.5. The molecule has 9 nitrogen and oxygen atoms in total. The zero-order valence-electron chi connectivity index (χ0n) is 21.0. The molecule has 1 aromatic carbocycles. The third kappa shape index (κ3) is 7.34. The van der Waals surface area contributed by atoms with E-state index in [0.29, 0.717) is 41.4 Å². The summed E-state index contributed by atoms with van der Waals surface area (Å²) in [6.07, 6.45) is 2.55. The second kappa shape index (κ2) is 12.7. The molecule has 1 amide bonds. The number of nitrogens with zero attached hydrogens (tertiary/aromatic N) is 4. The number of carbonyl (C=O) groups is 1. The van der Waals surface area contributed by atoms with E-state index in [0.717, 1.165) is 76.6 Å². The molecule has 3 aliphatic heterocycles. The van der Waals surface area contributed by atoms with Crippen molar-refractivity contribution in [3.05, 3.63) is 46.6 Å². The lowest BCUT2D eigenvalue weighted by Gasteiger charge is -2.38. The maximum absolute atomic E-state index is 12.5. The molecule has 0 unspecified atom stereocenters. The number of anilines is 1. The molecular formula is C26H34ClN5O4S. The van der Waals surface area contributed by atoms with Gasteiger partial charge in [-0.15, -0.1) is 0 Å². The summed E-state index contributed by atoms with van der Waals surface area (Å²) in [6.45, 7) is 8.12. The Labute approximate surface area is 227 Å². The summed E-state index contributed by atoms with van der Waals surface area (Å²) in [5.74, 6) is 1.06. The van der Waals surface area contributed by atoms with Crippen molar-refractivity contribution in [1.29, 1.82) is 0 Å². The van der Waals surface area contributed by atoms with Gasteiger partial charge in [0.05, 0.1) is 26.4 Å². The van der Waals surface area contributed by atoms with Crippen molar-refractivity contribution in [2.75, 3.05) is 70.6 Å². The van der Waals surface area contributed by atoms with Crippen LogP contribution in [0.25, 0.3) is 0 Å². The third-order valence-corrected chi connectivity index (χ3v) is 8.06. The first-order valence-electron chi connectivity index (χ1n) is 13.0. The fourth-order valence-corrected chi connectivity index (χ4v) is 5.84. The van der Waals surface area contributed by atoms with Crippen LogP contribution in [0.2, 0.25) is 5.15 Å². The van der Waals surface area contributed by atoms with Gasteiger partial charge in [0.15, 0.2) is 10.9 Å². The minimum absolute atomic E-state index is 0.0410. The van der Waals surface area contributed by atoms with Crippen LogP contribution in [-0.2, 0) is 20.0 Å². The molecule has 0 saturated carbocycles. The van der Waals surface area contributed by atoms with Crippen molar-refractivity contribution >= 4 is 35.1 Å². The number of hydrogen-bond acceptors (Lipinski definition) is 9. The van der Waals surface area contributed by atoms with Crippen molar-refractivity contribution in [1.82, 2.24) is 20.2 Å². The molecule has 3 saturated heterocycles. The van der Waals surface area contributed by atoms with Crippen LogP contribution in [0, 0.1) is 0 Å². The van der Waals surface area contributed by atoms with Crippen LogP contribution in [0.4, 0.5) is 5.82 Å². The topological polar surface area (TPSA) is 89.1 Å². The number of morpholine rings is 1. The molecule has 0 bridgehead atoms. The highest BCUT2D eigenvalue weighted by atomic mass is 35.5. The van der Waals surface area contributed by atoms with Crippen molar-refractivity contribution in [2.24, 2.45) is 0 Å². The van der Waals surface area contributed by atoms with Gasteiger partial charge in [-0.05, 0) is 30.7 Å². The Bertz CT molecular complexity index is 1040. The van der Waals surface area contributed by atoms with E-state index in [-0.39, 0.29) is 5.91 Å². The Kier molecular flexibility index (Phi) is 9.17. The SMILES string of the molecule is O=C(NCCCN1CCOCC1)c1ccc(CSc2nc(Cl)cc(N3CCC4(CC3)OCCO4)n2)cc1. The molecule has 1 aromatic heterocycles. The van der Waals surface area contributed by atoms with E-state index in [2.05, 4.69) is 20.1 Å². The molecule has 1 spiro atoms. The fraction of sp³-hybridized carbons (Fsp3) is 0.577. The summed E-state index contributed by atoms with van der Waals surface area (Å²) in [5, 5.41) is 4.09. The van der Waals surface area contributed by atoms with Crippen LogP contribution >= 0.6 is 23.4 Å². The van der Waals surface area contributed by atoms with Gasteiger partial charge in [0, 0.05) is 62.9 Å². The molecule has 37 heavy (non-hydrogen) atoms. The summed E-state index contributed by atoms with van der Waals surface area (Å²) in [6, 6.07) is 9.51. The number of aromatic nitrogens is 2. The molecule has 3 aliphatic rings. The first-order valence-corrected chi connectivity index (χ1v) is 14.3. The van der Waals surface area contributed by atoms with Gasteiger partial charge < -0.3 is 24.4 Å². The summed E-state index contributed by atoms with van der Waals surface area (Å²) in [7, 11) is 0. The Morgan fingerprint density at radius 2 is 1.76 bits per heavy atom. The van der Waals surface area contributed by atoms with Crippen molar-refractivity contribution in [3.63, 3.8) is 0 Å². The van der Waals surface area contributed by atoms with Gasteiger partial charge in [-0.3, -0.25) is 9.69 Å². The molecule has 1 N–H and O–H groups in total. The van der Waals surface area contributed by atoms with E-state index in [1.807, 2.05) is 30.3 Å². The predicted octanol–water partition coefficient (Wildman–Crippen LogP) is 3.22. The number of amides is 1. The molecule has 0 radical (unpaired) electrons. The van der Waals surface area contributed by atoms with Crippen LogP contribution in [0.5, 0.6) is 0 Å². The lowest BCUT2D eigenvalue weighted by molar-refractivity contribution is -0.169. The van der Waals surface area contributed by atoms with E-state index in [1.54, 1.807) is 0 Å². The second-order valence-electron chi connectivity index (χ2n) is 9.48. The van der Waals surface area contributed by atoms with Gasteiger partial charge in [-0.25, -0.2) is 9.97 Å². The van der Waals surface area contributed by atoms with E-state index >= 15 is 0 Å². The Morgan fingerprint density at radius 1 is 1.03 bits per heavy atom. The maximum atomic E-state index is 12.5. The number of benzene rings is 1. The minimum atomic E-state index is -0.420. The van der Waals surface area contributed by atoms with Crippen LogP contribution in [0.1, 0.15) is 35.2 Å². The van der Waals surface area contributed by atoms with Gasteiger partial charge in [0.25, 0.3) is 5.91 Å². The number of nitrogens with one attached hydrogen (secondary N) is 1. The molecule has 3 fully saturated rings. The van der Waals surface area contributed by atoms with Crippen LogP contribution in [0.15, 0.2) is 35.5 Å². The highest BCUT2D eigenvalue weighted by Crippen LogP contribution is 2.33. The second-order valence-corrected chi connectivity index (χ2v) is 10.8. The van der Waals surface area contributed by atoms with Gasteiger partial charge >= 0.3 is 0 Å². The third-order valence-electron chi connectivity index (χ3n) is 6.95. The molecule has 5 rings (SSSR count). The average Bonchev–Trinajstić information content (AvgIpc) is 3.38. The number of rotatable bonds is 9. The molecule has 0 atom stereocenters. The van der Waals surface area contributed by atoms with Gasteiger partial charge in [0.1, 0.15) is 11.0 Å². The zero-order valence-corrected chi connectivity index (χ0v) is 22.6. The lowest BCUT2D eigenvalue weighted by atomic mass is 10.0. The fourth-order valence-electron chi connectivity index (χ4n) is 4.81. The lowest BCUT2D eigenvalue weighted by Crippen LogP contribution is -2.45. The number of carbonyl (C=O) groups excluding carboxylic acids is 1. The number of ether oxygens (including phenoxy) is 3. The molecule has 4 heterocycles. The highest BCUT2D eigenvalue weighted by molar-refractivity contribution is 7.98. The summed E-state index contributed by atoms with van der Waals surface area (Å²) in [4.78, 5) is 26.2. The summed E-state index contributed by atoms with van der Waals surface area (Å²) >= 11 is 7.86. The van der Waals surface area contributed by atoms with Crippen molar-refractivity contribution in [2.45, 2.75) is 36.0 Å². The quantitative estimate of drug-likeness (QED) is 0.220. The molecular weight excluding hydrogens is 514 g/mol. The van der Waals surface area contributed by atoms with E-state index < -0.39 is 5.79 Å². The Hall–Kier alpha value is -1.95. The summed E-state index contributed by atoms with van der Waals surface area (Å²) in [5.41, 5.74) is 1.76. The van der Waals surface area contributed by atoms with Crippen LogP contribution in [-0.4, -0.2) is 92.3 Å². The smallest absolute Gasteiger partial charge is 0.251 e. The largest absolute Gasteiger partial charge is 0.379 e. The number of halogens is 1. The maximum Gasteiger partial charge on any atom is 0.251 e. The van der Waals surface area contributed by atoms with E-state index in [9.17, 15) is 4.79 Å². The van der Waals surface area contributed by atoms with Crippen LogP contribution in [0.3, 0.4) is 0 Å². The summed E-state index contributed by atoms with van der Waals surface area (Å²) < 4.78 is 17.0.